The molecule has 1 N–H and O–H groups in total. The Kier molecular flexibility index (Phi) is 4.65. The highest BCUT2D eigenvalue weighted by molar-refractivity contribution is 5.81. The third-order valence-corrected chi connectivity index (χ3v) is 4.65. The number of nitrogens with one attached hydrogen (secondary N) is 1. The number of likely N-dealkylation sites (N-methyl/N-ethyl adjacent to an activating group) is 1. The van der Waals surface area contributed by atoms with Crippen molar-refractivity contribution in [1.82, 2.24) is 5.32 Å². The molecule has 0 aliphatic heterocycles. The summed E-state index contributed by atoms with van der Waals surface area (Å²) in [5, 5.41) is 3.25. The molecule has 1 aliphatic rings. The first-order chi connectivity index (χ1) is 11.1. The zero-order valence-corrected chi connectivity index (χ0v) is 13.8. The van der Waals surface area contributed by atoms with Gasteiger partial charge in [-0.3, -0.25) is 4.79 Å². The molecule has 3 rings (SSSR count). The lowest BCUT2D eigenvalue weighted by molar-refractivity contribution is -0.120. The zero-order valence-electron chi connectivity index (χ0n) is 13.8. The molecule has 0 aromatic heterocycles. The highest BCUT2D eigenvalue weighted by Gasteiger charge is 2.40. The summed E-state index contributed by atoms with van der Waals surface area (Å²) in [6, 6.07) is 20.4. The van der Waals surface area contributed by atoms with Crippen molar-refractivity contribution in [1.29, 1.82) is 0 Å². The lowest BCUT2D eigenvalue weighted by atomic mass is 10.0. The van der Waals surface area contributed by atoms with Crippen LogP contribution in [-0.4, -0.2) is 19.5 Å². The zero-order chi connectivity index (χ0) is 16.2. The molecule has 1 fully saturated rings. The molecular weight excluding hydrogens is 284 g/mol. The molecule has 0 saturated heterocycles. The van der Waals surface area contributed by atoms with Crippen LogP contribution in [0.3, 0.4) is 0 Å². The Bertz CT molecular complexity index is 641. The predicted octanol–water partition coefficient (Wildman–Crippen LogP) is 3.64. The Morgan fingerprint density at radius 1 is 1.13 bits per heavy atom. The van der Waals surface area contributed by atoms with Gasteiger partial charge in [0.15, 0.2) is 0 Å². The Hall–Kier alpha value is -2.29. The number of anilines is 1. The summed E-state index contributed by atoms with van der Waals surface area (Å²) in [7, 11) is 1.95. The molecule has 0 radical (unpaired) electrons. The van der Waals surface area contributed by atoms with E-state index in [1.807, 2.05) is 60.5 Å². The van der Waals surface area contributed by atoms with Crippen LogP contribution in [0, 0.1) is 11.8 Å². The third kappa shape index (κ3) is 3.92. The SMILES string of the molecule is CC1CC1C(NC(=O)CN(C)c1ccccc1)c1ccccc1. The van der Waals surface area contributed by atoms with Crippen LogP contribution in [0.2, 0.25) is 0 Å². The van der Waals surface area contributed by atoms with E-state index in [-0.39, 0.29) is 11.9 Å². The molecule has 2 aromatic carbocycles. The van der Waals surface area contributed by atoms with Gasteiger partial charge in [0.1, 0.15) is 0 Å². The van der Waals surface area contributed by atoms with Gasteiger partial charge in [-0.25, -0.2) is 0 Å². The number of carbonyl (C=O) groups is 1. The van der Waals surface area contributed by atoms with E-state index in [1.54, 1.807) is 0 Å². The van der Waals surface area contributed by atoms with Gasteiger partial charge in [0.05, 0.1) is 12.6 Å². The molecule has 0 spiro atoms. The quantitative estimate of drug-likeness (QED) is 0.883. The second-order valence-corrected chi connectivity index (χ2v) is 6.52. The number of rotatable bonds is 6. The van der Waals surface area contributed by atoms with Crippen molar-refractivity contribution in [2.24, 2.45) is 11.8 Å². The summed E-state index contributed by atoms with van der Waals surface area (Å²) in [4.78, 5) is 14.5. The van der Waals surface area contributed by atoms with Crippen LogP contribution in [0.4, 0.5) is 5.69 Å². The van der Waals surface area contributed by atoms with E-state index in [0.29, 0.717) is 18.4 Å². The van der Waals surface area contributed by atoms with Crippen LogP contribution in [0.15, 0.2) is 60.7 Å². The minimum atomic E-state index is 0.0734. The first-order valence-electron chi connectivity index (χ1n) is 8.25. The molecule has 3 nitrogen and oxygen atoms in total. The highest BCUT2D eigenvalue weighted by Crippen LogP contribution is 2.46. The van der Waals surface area contributed by atoms with Gasteiger partial charge in [-0.05, 0) is 36.0 Å². The van der Waals surface area contributed by atoms with Crippen molar-refractivity contribution < 1.29 is 4.79 Å². The molecule has 23 heavy (non-hydrogen) atoms. The van der Waals surface area contributed by atoms with Gasteiger partial charge in [0.25, 0.3) is 0 Å². The lowest BCUT2D eigenvalue weighted by Crippen LogP contribution is -2.38. The van der Waals surface area contributed by atoms with Gasteiger partial charge in [-0.15, -0.1) is 0 Å². The number of nitrogens with zero attached hydrogens (tertiary/aromatic N) is 1. The van der Waals surface area contributed by atoms with E-state index in [4.69, 9.17) is 0 Å². The molecular formula is C20H24N2O. The molecule has 3 heteroatoms. The van der Waals surface area contributed by atoms with Crippen molar-refractivity contribution in [3.63, 3.8) is 0 Å². The highest BCUT2D eigenvalue weighted by atomic mass is 16.2. The standard InChI is InChI=1S/C20H24N2O/c1-15-13-18(15)20(16-9-5-3-6-10-16)21-19(23)14-22(2)17-11-7-4-8-12-17/h3-12,15,18,20H,13-14H2,1-2H3,(H,21,23). The van der Waals surface area contributed by atoms with Crippen LogP contribution in [0.5, 0.6) is 0 Å². The number of para-hydroxylation sites is 1. The number of benzene rings is 2. The summed E-state index contributed by atoms with van der Waals surface area (Å²) >= 11 is 0. The Morgan fingerprint density at radius 2 is 1.70 bits per heavy atom. The van der Waals surface area contributed by atoms with Crippen molar-refractivity contribution in [2.75, 3.05) is 18.5 Å². The fraction of sp³-hybridized carbons (Fsp3) is 0.350. The molecule has 1 aliphatic carbocycles. The van der Waals surface area contributed by atoms with Crippen LogP contribution >= 0.6 is 0 Å². The van der Waals surface area contributed by atoms with E-state index in [9.17, 15) is 4.79 Å². The number of amides is 1. The fourth-order valence-corrected chi connectivity index (χ4v) is 3.12. The lowest BCUT2D eigenvalue weighted by Gasteiger charge is -2.23. The molecule has 0 heterocycles. The van der Waals surface area contributed by atoms with Crippen LogP contribution < -0.4 is 10.2 Å². The monoisotopic (exact) mass is 308 g/mol. The smallest absolute Gasteiger partial charge is 0.239 e. The predicted molar refractivity (Wildman–Crippen MR) is 94.3 cm³/mol. The van der Waals surface area contributed by atoms with Crippen LogP contribution in [-0.2, 0) is 4.79 Å². The summed E-state index contributed by atoms with van der Waals surface area (Å²) in [6.07, 6.45) is 1.19. The Morgan fingerprint density at radius 3 is 2.26 bits per heavy atom. The van der Waals surface area contributed by atoms with Crippen molar-refractivity contribution >= 4 is 11.6 Å². The summed E-state index contributed by atoms with van der Waals surface area (Å²) in [6.45, 7) is 2.62. The van der Waals surface area contributed by atoms with E-state index in [0.717, 1.165) is 5.69 Å². The first kappa shape index (κ1) is 15.6. The Labute approximate surface area is 138 Å². The number of hydrogen-bond acceptors (Lipinski definition) is 2. The average Bonchev–Trinajstić information content (AvgIpc) is 3.30. The Balaban J connectivity index is 1.65. The molecule has 3 unspecified atom stereocenters. The minimum Gasteiger partial charge on any atom is -0.365 e. The molecule has 1 amide bonds. The maximum atomic E-state index is 12.5. The summed E-state index contributed by atoms with van der Waals surface area (Å²) < 4.78 is 0. The van der Waals surface area contributed by atoms with Gasteiger partial charge in [-0.1, -0.05) is 55.5 Å². The van der Waals surface area contributed by atoms with Gasteiger partial charge in [-0.2, -0.15) is 0 Å². The largest absolute Gasteiger partial charge is 0.365 e. The normalized spacial score (nSPS) is 20.6. The first-order valence-corrected chi connectivity index (χ1v) is 8.25. The topological polar surface area (TPSA) is 32.3 Å². The van der Waals surface area contributed by atoms with E-state index < -0.39 is 0 Å². The summed E-state index contributed by atoms with van der Waals surface area (Å²) in [5.74, 6) is 1.32. The van der Waals surface area contributed by atoms with Gasteiger partial charge >= 0.3 is 0 Å². The van der Waals surface area contributed by atoms with Gasteiger partial charge in [0, 0.05) is 12.7 Å². The summed E-state index contributed by atoms with van der Waals surface area (Å²) in [5.41, 5.74) is 2.26. The minimum absolute atomic E-state index is 0.0734. The maximum Gasteiger partial charge on any atom is 0.239 e. The fourth-order valence-electron chi connectivity index (χ4n) is 3.12. The average molecular weight is 308 g/mol. The molecule has 2 aromatic rings. The van der Waals surface area contributed by atoms with E-state index in [2.05, 4.69) is 24.4 Å². The number of carbonyl (C=O) groups excluding carboxylic acids is 1. The van der Waals surface area contributed by atoms with Gasteiger partial charge < -0.3 is 10.2 Å². The molecule has 120 valence electrons. The second-order valence-electron chi connectivity index (χ2n) is 6.52. The molecule has 1 saturated carbocycles. The van der Waals surface area contributed by atoms with E-state index in [1.165, 1.54) is 12.0 Å². The van der Waals surface area contributed by atoms with Crippen molar-refractivity contribution in [2.45, 2.75) is 19.4 Å². The van der Waals surface area contributed by atoms with Crippen LogP contribution in [0.1, 0.15) is 24.9 Å². The second kappa shape index (κ2) is 6.86. The van der Waals surface area contributed by atoms with Crippen molar-refractivity contribution in [3.8, 4) is 0 Å². The maximum absolute atomic E-state index is 12.5. The van der Waals surface area contributed by atoms with Crippen molar-refractivity contribution in [3.05, 3.63) is 66.2 Å². The molecule has 3 atom stereocenters. The van der Waals surface area contributed by atoms with E-state index >= 15 is 0 Å². The van der Waals surface area contributed by atoms with Gasteiger partial charge in [0.2, 0.25) is 5.91 Å². The third-order valence-electron chi connectivity index (χ3n) is 4.65. The van der Waals surface area contributed by atoms with Crippen LogP contribution in [0.25, 0.3) is 0 Å². The number of hydrogen-bond donors (Lipinski definition) is 1. The molecule has 0 bridgehead atoms.